The summed E-state index contributed by atoms with van der Waals surface area (Å²) in [5, 5.41) is 22.7. The second-order valence-electron chi connectivity index (χ2n) is 5.53. The van der Waals surface area contributed by atoms with Crippen LogP contribution in [0.2, 0.25) is 0 Å². The van der Waals surface area contributed by atoms with Gasteiger partial charge in [0.2, 0.25) is 0 Å². The van der Waals surface area contributed by atoms with E-state index in [-0.39, 0.29) is 5.69 Å². The molecule has 0 saturated heterocycles. The fourth-order valence-electron chi connectivity index (χ4n) is 3.05. The molecule has 0 saturated carbocycles. The Morgan fingerprint density at radius 1 is 1.08 bits per heavy atom. The van der Waals surface area contributed by atoms with Gasteiger partial charge >= 0.3 is 0 Å². The second kappa shape index (κ2) is 5.47. The lowest BCUT2D eigenvalue weighted by atomic mass is 10.0. The topological polar surface area (TPSA) is 82.2 Å². The molecule has 0 spiro atoms. The highest BCUT2D eigenvalue weighted by molar-refractivity contribution is 6.04. The summed E-state index contributed by atoms with van der Waals surface area (Å²) in [5.41, 5.74) is 3.62. The van der Waals surface area contributed by atoms with Gasteiger partial charge in [-0.25, -0.2) is 5.06 Å². The van der Waals surface area contributed by atoms with E-state index in [1.54, 1.807) is 18.3 Å². The Hall–Kier alpha value is -3.19. The van der Waals surface area contributed by atoms with E-state index in [0.717, 1.165) is 16.4 Å². The van der Waals surface area contributed by atoms with Crippen molar-refractivity contribution in [2.75, 3.05) is 23.1 Å². The van der Waals surface area contributed by atoms with Crippen molar-refractivity contribution in [2.45, 2.75) is 0 Å². The van der Waals surface area contributed by atoms with Gasteiger partial charge < -0.3 is 4.90 Å². The van der Waals surface area contributed by atoms with Gasteiger partial charge in [-0.1, -0.05) is 12.1 Å². The van der Waals surface area contributed by atoms with E-state index in [1.807, 2.05) is 24.3 Å². The molecule has 120 valence electrons. The molecular formula is C17H14N4O3. The zero-order valence-electron chi connectivity index (χ0n) is 12.7. The molecule has 0 unspecified atom stereocenters. The largest absolute Gasteiger partial charge is 0.335 e. The molecular weight excluding hydrogens is 308 g/mol. The summed E-state index contributed by atoms with van der Waals surface area (Å²) >= 11 is 0. The van der Waals surface area contributed by atoms with Crippen molar-refractivity contribution in [1.29, 1.82) is 0 Å². The van der Waals surface area contributed by atoms with Crippen LogP contribution in [0.1, 0.15) is 5.56 Å². The number of nitro groups is 1. The monoisotopic (exact) mass is 322 g/mol. The summed E-state index contributed by atoms with van der Waals surface area (Å²) in [7, 11) is 0. The molecule has 2 aliphatic rings. The fourth-order valence-corrected chi connectivity index (χ4v) is 3.05. The Morgan fingerprint density at radius 3 is 2.50 bits per heavy atom. The van der Waals surface area contributed by atoms with Crippen molar-refractivity contribution in [1.82, 2.24) is 0 Å². The van der Waals surface area contributed by atoms with Crippen LogP contribution in [0.15, 0.2) is 59.2 Å². The third kappa shape index (κ3) is 2.14. The molecule has 0 radical (unpaired) electrons. The molecule has 2 aromatic carbocycles. The van der Waals surface area contributed by atoms with Gasteiger partial charge in [-0.3, -0.25) is 20.3 Å². The molecule has 0 atom stereocenters. The predicted molar refractivity (Wildman–Crippen MR) is 91.4 cm³/mol. The predicted octanol–water partition coefficient (Wildman–Crippen LogP) is 3.06. The van der Waals surface area contributed by atoms with E-state index in [9.17, 15) is 15.3 Å². The van der Waals surface area contributed by atoms with Crippen LogP contribution in [-0.2, 0) is 0 Å². The highest BCUT2D eigenvalue weighted by Crippen LogP contribution is 2.42. The Balaban J connectivity index is 1.89. The molecule has 4 rings (SSSR count). The molecule has 2 aliphatic heterocycles. The zero-order chi connectivity index (χ0) is 16.7. The standard InChI is InChI=1S/C17H14N4O3/c22-20-15-4-2-1-3-14(15)19-10-9-18-11-16(19)17(20)12-5-7-13(8-6-12)21(23)24/h1-8,11,22H,9-10H2. The average Bonchev–Trinajstić information content (AvgIpc) is 2.62. The molecule has 0 aliphatic carbocycles. The Labute approximate surface area is 137 Å². The number of para-hydroxylation sites is 2. The quantitative estimate of drug-likeness (QED) is 0.679. The maximum absolute atomic E-state index is 10.8. The van der Waals surface area contributed by atoms with Crippen molar-refractivity contribution in [3.05, 3.63) is 69.9 Å². The zero-order valence-corrected chi connectivity index (χ0v) is 12.7. The van der Waals surface area contributed by atoms with Gasteiger partial charge in [0, 0.05) is 30.5 Å². The van der Waals surface area contributed by atoms with Crippen molar-refractivity contribution in [2.24, 2.45) is 4.99 Å². The number of nitrogens with zero attached hydrogens (tertiary/aromatic N) is 4. The van der Waals surface area contributed by atoms with Crippen LogP contribution >= 0.6 is 0 Å². The smallest absolute Gasteiger partial charge is 0.269 e. The first kappa shape index (κ1) is 14.4. The van der Waals surface area contributed by atoms with E-state index in [4.69, 9.17) is 0 Å². The van der Waals surface area contributed by atoms with Crippen molar-refractivity contribution in [3.8, 4) is 0 Å². The third-order valence-electron chi connectivity index (χ3n) is 4.16. The van der Waals surface area contributed by atoms with Crippen molar-refractivity contribution >= 4 is 29.0 Å². The Morgan fingerprint density at radius 2 is 1.79 bits per heavy atom. The number of allylic oxidation sites excluding steroid dienone is 1. The van der Waals surface area contributed by atoms with E-state index in [0.29, 0.717) is 30.0 Å². The highest BCUT2D eigenvalue weighted by atomic mass is 16.6. The first-order valence-corrected chi connectivity index (χ1v) is 7.51. The number of rotatable bonds is 2. The van der Waals surface area contributed by atoms with Crippen LogP contribution < -0.4 is 9.96 Å². The van der Waals surface area contributed by atoms with E-state index >= 15 is 0 Å². The number of hydrogen-bond acceptors (Lipinski definition) is 6. The highest BCUT2D eigenvalue weighted by Gasteiger charge is 2.31. The molecule has 1 N–H and O–H groups in total. The van der Waals surface area contributed by atoms with Crippen molar-refractivity contribution in [3.63, 3.8) is 0 Å². The summed E-state index contributed by atoms with van der Waals surface area (Å²) in [6, 6.07) is 13.7. The molecule has 7 heteroatoms. The Kier molecular flexibility index (Phi) is 3.28. The maximum atomic E-state index is 10.8. The number of hydrogen-bond donors (Lipinski definition) is 1. The van der Waals surface area contributed by atoms with Gasteiger partial charge in [-0.2, -0.15) is 0 Å². The minimum atomic E-state index is -0.442. The van der Waals surface area contributed by atoms with E-state index in [2.05, 4.69) is 9.89 Å². The lowest BCUT2D eigenvalue weighted by Crippen LogP contribution is -2.38. The molecule has 24 heavy (non-hydrogen) atoms. The lowest BCUT2D eigenvalue weighted by Gasteiger charge is -2.39. The molecule has 0 amide bonds. The molecule has 2 heterocycles. The first-order chi connectivity index (χ1) is 11.7. The Bertz CT molecular complexity index is 874. The minimum absolute atomic E-state index is 0.0132. The van der Waals surface area contributed by atoms with Crippen LogP contribution in [-0.4, -0.2) is 29.4 Å². The van der Waals surface area contributed by atoms with Crippen LogP contribution in [0.25, 0.3) is 5.70 Å². The van der Waals surface area contributed by atoms with Gasteiger partial charge in [-0.05, 0) is 24.3 Å². The van der Waals surface area contributed by atoms with Crippen molar-refractivity contribution < 1.29 is 10.1 Å². The van der Waals surface area contributed by atoms with Crippen LogP contribution in [0, 0.1) is 10.1 Å². The van der Waals surface area contributed by atoms with Gasteiger partial charge in [0.15, 0.2) is 0 Å². The summed E-state index contributed by atoms with van der Waals surface area (Å²) in [6.07, 6.45) is 1.74. The number of fused-ring (bicyclic) bond motifs is 3. The third-order valence-corrected chi connectivity index (χ3v) is 4.16. The summed E-state index contributed by atoms with van der Waals surface area (Å²) in [6.45, 7) is 1.39. The average molecular weight is 322 g/mol. The SMILES string of the molecule is O=[N+]([O-])c1ccc(C2=C3C=NCCN3c3ccccc3N2O)cc1. The number of anilines is 2. The normalized spacial score (nSPS) is 16.0. The summed E-state index contributed by atoms with van der Waals surface area (Å²) < 4.78 is 0. The first-order valence-electron chi connectivity index (χ1n) is 7.51. The number of non-ortho nitro benzene ring substituents is 1. The van der Waals surface area contributed by atoms with Crippen LogP contribution in [0.3, 0.4) is 0 Å². The van der Waals surface area contributed by atoms with Gasteiger partial charge in [0.25, 0.3) is 5.69 Å². The molecule has 0 bridgehead atoms. The van der Waals surface area contributed by atoms with Crippen LogP contribution in [0.4, 0.5) is 17.1 Å². The lowest BCUT2D eigenvalue weighted by molar-refractivity contribution is -0.384. The van der Waals surface area contributed by atoms with E-state index < -0.39 is 4.92 Å². The van der Waals surface area contributed by atoms with Gasteiger partial charge in [-0.15, -0.1) is 0 Å². The second-order valence-corrected chi connectivity index (χ2v) is 5.53. The van der Waals surface area contributed by atoms with Crippen LogP contribution in [0.5, 0.6) is 0 Å². The molecule has 2 aromatic rings. The number of benzene rings is 2. The van der Waals surface area contributed by atoms with Gasteiger partial charge in [0.05, 0.1) is 28.5 Å². The summed E-state index contributed by atoms with van der Waals surface area (Å²) in [4.78, 5) is 16.8. The number of nitro benzene ring substituents is 1. The fraction of sp³-hybridized carbons (Fsp3) is 0.118. The molecule has 0 fully saturated rings. The van der Waals surface area contributed by atoms with E-state index in [1.165, 1.54) is 12.1 Å². The molecule has 7 nitrogen and oxygen atoms in total. The number of aliphatic imine (C=N–C) groups is 1. The summed E-state index contributed by atoms with van der Waals surface area (Å²) in [5.74, 6) is 0. The molecule has 0 aromatic heterocycles. The number of hydroxylamine groups is 1. The maximum Gasteiger partial charge on any atom is 0.269 e. The minimum Gasteiger partial charge on any atom is -0.335 e. The van der Waals surface area contributed by atoms with Gasteiger partial charge in [0.1, 0.15) is 5.70 Å².